The van der Waals surface area contributed by atoms with Crippen LogP contribution in [0.4, 0.5) is 13.2 Å². The van der Waals surface area contributed by atoms with E-state index in [-0.39, 0.29) is 18.8 Å². The van der Waals surface area contributed by atoms with Gasteiger partial charge in [-0.2, -0.15) is 18.3 Å². The molecule has 1 aliphatic heterocycles. The number of nitrogens with one attached hydrogen (secondary N) is 1. The summed E-state index contributed by atoms with van der Waals surface area (Å²) >= 11 is 0. The van der Waals surface area contributed by atoms with Crippen molar-refractivity contribution in [2.75, 3.05) is 13.1 Å². The lowest BCUT2D eigenvalue weighted by molar-refractivity contribution is -0.271. The number of aromatic nitrogens is 2. The highest BCUT2D eigenvalue weighted by molar-refractivity contribution is 5.93. The van der Waals surface area contributed by atoms with E-state index >= 15 is 0 Å². The van der Waals surface area contributed by atoms with Gasteiger partial charge in [-0.1, -0.05) is 0 Å². The second-order valence-corrected chi connectivity index (χ2v) is 5.47. The van der Waals surface area contributed by atoms with Crippen molar-refractivity contribution in [3.8, 4) is 11.5 Å². The molecule has 0 spiro atoms. The highest BCUT2D eigenvalue weighted by atomic mass is 19.4. The van der Waals surface area contributed by atoms with Crippen LogP contribution in [0.1, 0.15) is 23.3 Å². The van der Waals surface area contributed by atoms with E-state index in [4.69, 9.17) is 4.42 Å². The van der Waals surface area contributed by atoms with E-state index in [0.29, 0.717) is 11.5 Å². The molecule has 3 rings (SSSR count). The first kappa shape index (κ1) is 15.6. The minimum atomic E-state index is -4.69. The van der Waals surface area contributed by atoms with Gasteiger partial charge in [-0.15, -0.1) is 0 Å². The summed E-state index contributed by atoms with van der Waals surface area (Å²) in [6.45, 7) is -0.365. The van der Waals surface area contributed by atoms with Crippen molar-refractivity contribution in [2.24, 2.45) is 0 Å². The Morgan fingerprint density at radius 3 is 2.65 bits per heavy atom. The maximum absolute atomic E-state index is 12.8. The molecular formula is C14H14F3N3O3. The number of nitrogens with zero attached hydrogens (tertiary/aromatic N) is 2. The second kappa shape index (κ2) is 5.41. The van der Waals surface area contributed by atoms with Gasteiger partial charge >= 0.3 is 6.18 Å². The molecule has 124 valence electrons. The third-order valence-corrected chi connectivity index (χ3v) is 3.99. The van der Waals surface area contributed by atoms with Crippen LogP contribution in [0.25, 0.3) is 11.5 Å². The van der Waals surface area contributed by atoms with Gasteiger partial charge in [0.05, 0.1) is 6.26 Å². The molecule has 0 radical (unpaired) electrons. The number of H-pyrrole nitrogens is 1. The van der Waals surface area contributed by atoms with Gasteiger partial charge in [0.15, 0.2) is 17.1 Å². The van der Waals surface area contributed by atoms with Gasteiger partial charge < -0.3 is 14.4 Å². The third kappa shape index (κ3) is 2.83. The molecule has 2 N–H and O–H groups in total. The van der Waals surface area contributed by atoms with Crippen LogP contribution in [0.15, 0.2) is 28.9 Å². The number of piperidine rings is 1. The zero-order chi connectivity index (χ0) is 16.7. The van der Waals surface area contributed by atoms with Gasteiger partial charge in [0.25, 0.3) is 5.91 Å². The molecule has 1 fully saturated rings. The number of rotatable bonds is 2. The maximum atomic E-state index is 12.8. The van der Waals surface area contributed by atoms with Gasteiger partial charge in [0.2, 0.25) is 0 Å². The van der Waals surface area contributed by atoms with Gasteiger partial charge in [0, 0.05) is 32.0 Å². The van der Waals surface area contributed by atoms with E-state index in [9.17, 15) is 23.1 Å². The fourth-order valence-corrected chi connectivity index (χ4v) is 2.51. The molecule has 0 aliphatic carbocycles. The number of alkyl halides is 3. The molecule has 0 saturated carbocycles. The van der Waals surface area contributed by atoms with E-state index in [0.717, 1.165) is 0 Å². The Balaban J connectivity index is 1.69. The number of hydrogen-bond acceptors (Lipinski definition) is 4. The Labute approximate surface area is 128 Å². The number of likely N-dealkylation sites (tertiary alicyclic amines) is 1. The molecular weight excluding hydrogens is 315 g/mol. The SMILES string of the molecule is O=C(c1cc(-c2ccco2)[nH]n1)N1CCC(O)(C(F)(F)F)CC1. The molecule has 1 amide bonds. The lowest BCUT2D eigenvalue weighted by atomic mass is 9.90. The van der Waals surface area contributed by atoms with Crippen molar-refractivity contribution in [3.63, 3.8) is 0 Å². The third-order valence-electron chi connectivity index (χ3n) is 3.99. The smallest absolute Gasteiger partial charge is 0.417 e. The number of aromatic amines is 1. The van der Waals surface area contributed by atoms with Gasteiger partial charge in [-0.05, 0) is 12.1 Å². The molecule has 3 heterocycles. The quantitative estimate of drug-likeness (QED) is 0.885. The number of furan rings is 1. The number of carbonyl (C=O) groups is 1. The lowest BCUT2D eigenvalue weighted by Crippen LogP contribution is -2.54. The summed E-state index contributed by atoms with van der Waals surface area (Å²) in [5, 5.41) is 16.1. The topological polar surface area (TPSA) is 82.4 Å². The van der Waals surface area contributed by atoms with Crippen LogP contribution in [0.5, 0.6) is 0 Å². The summed E-state index contributed by atoms with van der Waals surface area (Å²) in [4.78, 5) is 13.5. The molecule has 23 heavy (non-hydrogen) atoms. The number of carbonyl (C=O) groups excluding carboxylic acids is 1. The molecule has 1 saturated heterocycles. The van der Waals surface area contributed by atoms with E-state index in [1.807, 2.05) is 0 Å². The van der Waals surface area contributed by atoms with Crippen LogP contribution in [0.3, 0.4) is 0 Å². The summed E-state index contributed by atoms with van der Waals surface area (Å²) in [6, 6.07) is 4.85. The first-order valence-corrected chi connectivity index (χ1v) is 6.98. The Kier molecular flexibility index (Phi) is 3.67. The van der Waals surface area contributed by atoms with Crippen LogP contribution in [0.2, 0.25) is 0 Å². The summed E-state index contributed by atoms with van der Waals surface area (Å²) in [7, 11) is 0. The average molecular weight is 329 g/mol. The van der Waals surface area contributed by atoms with Crippen molar-refractivity contribution in [3.05, 3.63) is 30.2 Å². The van der Waals surface area contributed by atoms with Crippen molar-refractivity contribution in [1.82, 2.24) is 15.1 Å². The molecule has 6 nitrogen and oxygen atoms in total. The van der Waals surface area contributed by atoms with E-state index < -0.39 is 30.5 Å². The van der Waals surface area contributed by atoms with Crippen molar-refractivity contribution >= 4 is 5.91 Å². The fourth-order valence-electron chi connectivity index (χ4n) is 2.51. The van der Waals surface area contributed by atoms with Crippen molar-refractivity contribution in [2.45, 2.75) is 24.6 Å². The van der Waals surface area contributed by atoms with Crippen LogP contribution < -0.4 is 0 Å². The highest BCUT2D eigenvalue weighted by Gasteiger charge is 2.55. The first-order valence-electron chi connectivity index (χ1n) is 6.98. The Bertz CT molecular complexity index is 686. The van der Waals surface area contributed by atoms with Gasteiger partial charge in [-0.3, -0.25) is 9.89 Å². The number of amides is 1. The number of hydrogen-bond donors (Lipinski definition) is 2. The average Bonchev–Trinajstić information content (AvgIpc) is 3.17. The number of aliphatic hydroxyl groups is 1. The van der Waals surface area contributed by atoms with Gasteiger partial charge in [0.1, 0.15) is 5.69 Å². The van der Waals surface area contributed by atoms with Crippen LogP contribution >= 0.6 is 0 Å². The zero-order valence-electron chi connectivity index (χ0n) is 11.9. The minimum absolute atomic E-state index is 0.0915. The molecule has 2 aromatic heterocycles. The Morgan fingerprint density at radius 1 is 1.39 bits per heavy atom. The fraction of sp³-hybridized carbons (Fsp3) is 0.429. The van der Waals surface area contributed by atoms with Crippen LogP contribution in [-0.4, -0.2) is 51.0 Å². The van der Waals surface area contributed by atoms with Crippen molar-refractivity contribution < 1.29 is 27.5 Å². The Hall–Kier alpha value is -2.29. The van der Waals surface area contributed by atoms with Crippen LogP contribution in [-0.2, 0) is 0 Å². The molecule has 1 aliphatic rings. The first-order chi connectivity index (χ1) is 10.8. The standard InChI is InChI=1S/C14H14F3N3O3/c15-14(16,17)13(22)3-5-20(6-4-13)12(21)10-8-9(18-19-10)11-2-1-7-23-11/h1-2,7-8,22H,3-6H2,(H,18,19). The second-order valence-electron chi connectivity index (χ2n) is 5.47. The molecule has 9 heteroatoms. The predicted molar refractivity (Wildman–Crippen MR) is 72.4 cm³/mol. The molecule has 0 bridgehead atoms. The van der Waals surface area contributed by atoms with E-state index in [1.165, 1.54) is 17.2 Å². The summed E-state index contributed by atoms with van der Waals surface area (Å²) in [5.74, 6) is 0.0184. The lowest BCUT2D eigenvalue weighted by Gasteiger charge is -2.38. The normalized spacial score (nSPS) is 18.2. The molecule has 2 aromatic rings. The summed E-state index contributed by atoms with van der Waals surface area (Å²) in [5.41, 5.74) is -2.13. The number of halogens is 3. The van der Waals surface area contributed by atoms with Crippen molar-refractivity contribution in [1.29, 1.82) is 0 Å². The largest absolute Gasteiger partial charge is 0.463 e. The van der Waals surface area contributed by atoms with Crippen LogP contribution in [0, 0.1) is 0 Å². The van der Waals surface area contributed by atoms with Gasteiger partial charge in [-0.25, -0.2) is 0 Å². The molecule has 0 atom stereocenters. The molecule has 0 aromatic carbocycles. The van der Waals surface area contributed by atoms with E-state index in [2.05, 4.69) is 10.2 Å². The van der Waals surface area contributed by atoms with E-state index in [1.54, 1.807) is 12.1 Å². The Morgan fingerprint density at radius 2 is 2.09 bits per heavy atom. The molecule has 0 unspecified atom stereocenters. The zero-order valence-corrected chi connectivity index (χ0v) is 11.9. The minimum Gasteiger partial charge on any atom is -0.463 e. The maximum Gasteiger partial charge on any atom is 0.417 e. The monoisotopic (exact) mass is 329 g/mol. The summed E-state index contributed by atoms with van der Waals surface area (Å²) < 4.78 is 43.4. The highest BCUT2D eigenvalue weighted by Crippen LogP contribution is 2.38. The summed E-state index contributed by atoms with van der Waals surface area (Å²) in [6.07, 6.45) is -4.31. The predicted octanol–water partition coefficient (Wildman–Crippen LogP) is 2.20.